The SMILES string of the molecule is CC(C)N(CC(F)(F)F)c1ncc(CO)cc1Cl. The number of hydrogen-bond donors (Lipinski definition) is 1. The minimum absolute atomic E-state index is 0.0705. The van der Waals surface area contributed by atoms with Gasteiger partial charge < -0.3 is 10.0 Å². The van der Waals surface area contributed by atoms with Crippen molar-refractivity contribution in [2.75, 3.05) is 11.4 Å². The first-order valence-electron chi connectivity index (χ1n) is 5.33. The zero-order valence-corrected chi connectivity index (χ0v) is 10.8. The Hall–Kier alpha value is -1.01. The van der Waals surface area contributed by atoms with Gasteiger partial charge >= 0.3 is 6.18 Å². The van der Waals surface area contributed by atoms with E-state index in [-0.39, 0.29) is 17.4 Å². The molecule has 0 saturated heterocycles. The standard InChI is InChI=1S/C11H14ClF3N2O/c1-7(2)17(6-11(13,14)15)10-9(12)3-8(5-18)4-16-10/h3-4,7,18H,5-6H2,1-2H3. The first kappa shape index (κ1) is 15.0. The summed E-state index contributed by atoms with van der Waals surface area (Å²) in [7, 11) is 0. The molecule has 1 heterocycles. The van der Waals surface area contributed by atoms with Gasteiger partial charge in [-0.05, 0) is 25.5 Å². The molecule has 18 heavy (non-hydrogen) atoms. The molecule has 7 heteroatoms. The molecule has 0 unspecified atom stereocenters. The lowest BCUT2D eigenvalue weighted by molar-refractivity contribution is -0.120. The van der Waals surface area contributed by atoms with E-state index in [4.69, 9.17) is 16.7 Å². The molecule has 1 rings (SSSR count). The number of hydrogen-bond acceptors (Lipinski definition) is 3. The number of rotatable bonds is 4. The van der Waals surface area contributed by atoms with E-state index < -0.39 is 18.8 Å². The van der Waals surface area contributed by atoms with Crippen molar-refractivity contribution in [1.29, 1.82) is 0 Å². The molecule has 0 fully saturated rings. The highest BCUT2D eigenvalue weighted by molar-refractivity contribution is 6.33. The van der Waals surface area contributed by atoms with E-state index in [0.717, 1.165) is 4.90 Å². The van der Waals surface area contributed by atoms with Crippen molar-refractivity contribution in [3.63, 3.8) is 0 Å². The van der Waals surface area contributed by atoms with Crippen molar-refractivity contribution >= 4 is 17.4 Å². The number of pyridine rings is 1. The van der Waals surface area contributed by atoms with Crippen LogP contribution in [0.1, 0.15) is 19.4 Å². The molecule has 0 radical (unpaired) electrons. The summed E-state index contributed by atoms with van der Waals surface area (Å²) >= 11 is 5.89. The van der Waals surface area contributed by atoms with Gasteiger partial charge in [0.15, 0.2) is 0 Å². The summed E-state index contributed by atoms with van der Waals surface area (Å²) in [5.74, 6) is 0.0705. The van der Waals surface area contributed by atoms with Gasteiger partial charge in [-0.1, -0.05) is 11.6 Å². The topological polar surface area (TPSA) is 36.4 Å². The van der Waals surface area contributed by atoms with Crippen LogP contribution in [0.5, 0.6) is 0 Å². The fourth-order valence-electron chi connectivity index (χ4n) is 1.46. The van der Waals surface area contributed by atoms with Crippen LogP contribution in [0.4, 0.5) is 19.0 Å². The predicted octanol–water partition coefficient (Wildman–Crippen LogP) is 3.00. The Morgan fingerprint density at radius 1 is 1.44 bits per heavy atom. The van der Waals surface area contributed by atoms with Gasteiger partial charge in [0.25, 0.3) is 0 Å². The Bertz CT molecular complexity index is 410. The van der Waals surface area contributed by atoms with Crippen LogP contribution < -0.4 is 4.90 Å². The maximum absolute atomic E-state index is 12.5. The average Bonchev–Trinajstić information content (AvgIpc) is 2.24. The second kappa shape index (κ2) is 5.75. The fraction of sp³-hybridized carbons (Fsp3) is 0.545. The molecule has 1 N–H and O–H groups in total. The molecule has 3 nitrogen and oxygen atoms in total. The first-order chi connectivity index (χ1) is 8.24. The molecule has 0 aliphatic carbocycles. The van der Waals surface area contributed by atoms with Crippen LogP contribution in [0.3, 0.4) is 0 Å². The van der Waals surface area contributed by atoms with E-state index in [0.29, 0.717) is 5.56 Å². The number of halogens is 4. The van der Waals surface area contributed by atoms with Crippen LogP contribution in [-0.4, -0.2) is 28.9 Å². The minimum atomic E-state index is -4.33. The fourth-order valence-corrected chi connectivity index (χ4v) is 1.76. The molecule has 0 aliphatic rings. The molecule has 102 valence electrons. The van der Waals surface area contributed by atoms with Gasteiger partial charge in [0.05, 0.1) is 11.6 Å². The van der Waals surface area contributed by atoms with Crippen molar-refractivity contribution in [2.24, 2.45) is 0 Å². The van der Waals surface area contributed by atoms with Crippen LogP contribution >= 0.6 is 11.6 Å². The van der Waals surface area contributed by atoms with E-state index in [1.807, 2.05) is 0 Å². The Morgan fingerprint density at radius 3 is 2.44 bits per heavy atom. The quantitative estimate of drug-likeness (QED) is 0.922. The van der Waals surface area contributed by atoms with Gasteiger partial charge in [0.1, 0.15) is 12.4 Å². The van der Waals surface area contributed by atoms with Crippen LogP contribution in [0.25, 0.3) is 0 Å². The van der Waals surface area contributed by atoms with E-state index in [2.05, 4.69) is 4.98 Å². The van der Waals surface area contributed by atoms with Gasteiger partial charge in [-0.25, -0.2) is 4.98 Å². The largest absolute Gasteiger partial charge is 0.405 e. The molecular weight excluding hydrogens is 269 g/mol. The van der Waals surface area contributed by atoms with Gasteiger partial charge in [0, 0.05) is 12.2 Å². The zero-order valence-electron chi connectivity index (χ0n) is 10.00. The van der Waals surface area contributed by atoms with Crippen molar-refractivity contribution < 1.29 is 18.3 Å². The summed E-state index contributed by atoms with van der Waals surface area (Å²) in [5, 5.41) is 8.99. The summed E-state index contributed by atoms with van der Waals surface area (Å²) in [4.78, 5) is 4.96. The molecule has 0 amide bonds. The lowest BCUT2D eigenvalue weighted by Crippen LogP contribution is -2.39. The predicted molar refractivity (Wildman–Crippen MR) is 63.7 cm³/mol. The number of aliphatic hydroxyl groups is 1. The van der Waals surface area contributed by atoms with E-state index in [1.54, 1.807) is 13.8 Å². The summed E-state index contributed by atoms with van der Waals surface area (Å²) in [5.41, 5.74) is 0.458. The third-order valence-corrected chi connectivity index (χ3v) is 2.58. The maximum Gasteiger partial charge on any atom is 0.405 e. The molecular formula is C11H14ClF3N2O. The Kier molecular flexibility index (Phi) is 4.81. The summed E-state index contributed by atoms with van der Waals surface area (Å²) in [6.07, 6.45) is -3.02. The van der Waals surface area contributed by atoms with Gasteiger partial charge in [-0.2, -0.15) is 13.2 Å². The number of alkyl halides is 3. The summed E-state index contributed by atoms with van der Waals surface area (Å²) < 4.78 is 37.4. The summed E-state index contributed by atoms with van der Waals surface area (Å²) in [6, 6.07) is 1.02. The molecule has 0 bridgehead atoms. The highest BCUT2D eigenvalue weighted by Crippen LogP contribution is 2.29. The number of aromatic nitrogens is 1. The highest BCUT2D eigenvalue weighted by atomic mass is 35.5. The molecule has 0 spiro atoms. The third-order valence-electron chi connectivity index (χ3n) is 2.31. The molecule has 0 saturated carbocycles. The van der Waals surface area contributed by atoms with Gasteiger partial charge in [-0.3, -0.25) is 0 Å². The van der Waals surface area contributed by atoms with Crippen LogP contribution in [0.2, 0.25) is 5.02 Å². The van der Waals surface area contributed by atoms with Crippen LogP contribution in [-0.2, 0) is 6.61 Å². The smallest absolute Gasteiger partial charge is 0.392 e. The second-order valence-corrected chi connectivity index (χ2v) is 4.55. The van der Waals surface area contributed by atoms with E-state index in [9.17, 15) is 13.2 Å². The van der Waals surface area contributed by atoms with Crippen molar-refractivity contribution in [3.8, 4) is 0 Å². The molecule has 1 aromatic rings. The van der Waals surface area contributed by atoms with Crippen molar-refractivity contribution in [3.05, 3.63) is 22.8 Å². The van der Waals surface area contributed by atoms with Crippen LogP contribution in [0.15, 0.2) is 12.3 Å². The minimum Gasteiger partial charge on any atom is -0.392 e. The Morgan fingerprint density at radius 2 is 2.06 bits per heavy atom. The van der Waals surface area contributed by atoms with Crippen molar-refractivity contribution in [1.82, 2.24) is 4.98 Å². The average molecular weight is 283 g/mol. The zero-order chi connectivity index (χ0) is 13.9. The normalized spacial score (nSPS) is 12.0. The van der Waals surface area contributed by atoms with E-state index >= 15 is 0 Å². The van der Waals surface area contributed by atoms with Gasteiger partial charge in [-0.15, -0.1) is 0 Å². The number of nitrogens with zero attached hydrogens (tertiary/aromatic N) is 2. The number of aliphatic hydroxyl groups excluding tert-OH is 1. The molecule has 1 aromatic heterocycles. The van der Waals surface area contributed by atoms with Crippen LogP contribution in [0, 0.1) is 0 Å². The lowest BCUT2D eigenvalue weighted by Gasteiger charge is -2.29. The van der Waals surface area contributed by atoms with E-state index in [1.165, 1.54) is 12.3 Å². The Balaban J connectivity index is 3.06. The van der Waals surface area contributed by atoms with Crippen molar-refractivity contribution in [2.45, 2.75) is 32.7 Å². The lowest BCUT2D eigenvalue weighted by atomic mass is 10.2. The second-order valence-electron chi connectivity index (χ2n) is 4.14. The highest BCUT2D eigenvalue weighted by Gasteiger charge is 2.33. The molecule has 0 atom stereocenters. The monoisotopic (exact) mass is 282 g/mol. The number of anilines is 1. The Labute approximate surface area is 108 Å². The molecule has 0 aliphatic heterocycles. The third kappa shape index (κ3) is 4.03. The molecule has 0 aromatic carbocycles. The maximum atomic E-state index is 12.5. The van der Waals surface area contributed by atoms with Gasteiger partial charge in [0.2, 0.25) is 0 Å². The summed E-state index contributed by atoms with van der Waals surface area (Å²) in [6.45, 7) is 1.89. The first-order valence-corrected chi connectivity index (χ1v) is 5.71.